The van der Waals surface area contributed by atoms with Crippen LogP contribution in [0.25, 0.3) is 0 Å². The maximum absolute atomic E-state index is 15.0. The highest BCUT2D eigenvalue weighted by Gasteiger charge is 2.59. The molecule has 13 nitrogen and oxygen atoms in total. The zero-order valence-electron chi connectivity index (χ0n) is 94.7. The van der Waals surface area contributed by atoms with Crippen LogP contribution >= 0.6 is 0 Å². The minimum atomic E-state index is -3.34. The Morgan fingerprint density at radius 2 is 0.323 bits per heavy atom. The van der Waals surface area contributed by atoms with Gasteiger partial charge in [-0.25, -0.2) is 9.59 Å². The van der Waals surface area contributed by atoms with E-state index in [0.29, 0.717) is 11.1 Å². The van der Waals surface area contributed by atoms with E-state index in [0.717, 1.165) is 74.0 Å². The minimum Gasteiger partial charge on any atom is -0.492 e. The van der Waals surface area contributed by atoms with Crippen molar-refractivity contribution in [1.29, 1.82) is 0 Å². The van der Waals surface area contributed by atoms with E-state index in [9.17, 15) is 21.9 Å². The van der Waals surface area contributed by atoms with E-state index in [2.05, 4.69) is 122 Å². The minimum absolute atomic E-state index is 0.204. The Kier molecular flexibility index (Phi) is 84.1. The van der Waals surface area contributed by atoms with Crippen molar-refractivity contribution < 1.29 is 55.5 Å². The second-order valence-corrected chi connectivity index (χ2v) is 86.0. The SMILES string of the molecule is C=C(C)C(=O)O[Si](C)(C)O[Si](C)(C)O[Si](C)(C)O[Si](C)(C)O[Si](C)(C)O[Si](C)(C)C.C=C(C)C(=O)O[Si](CCCCCCCC)(CCCCCCCC)O[Si](CCCCCCCC)(CCCCCCCC)O[Si](CCCCCCCC)(CCCCCCCC)O[Si](CCCCCCCC)(CCCCCCCC)O[Si](CCCCCCCC)(CCCCCCCC)CCCCCCCC. The van der Waals surface area contributed by atoms with Gasteiger partial charge in [-0.15, -0.1) is 0 Å². The van der Waals surface area contributed by atoms with Gasteiger partial charge < -0.3 is 45.9 Å². The largest absolute Gasteiger partial charge is 0.492 e. The summed E-state index contributed by atoms with van der Waals surface area (Å²) in [5.41, 5.74) is 0.882. The molecule has 0 aliphatic carbocycles. The van der Waals surface area contributed by atoms with Crippen molar-refractivity contribution in [2.75, 3.05) is 0 Å². The molecule has 0 spiro atoms. The van der Waals surface area contributed by atoms with Crippen LogP contribution in [-0.4, -0.2) is 106 Å². The molecule has 0 aliphatic rings. The topological polar surface area (TPSA) is 136 Å². The summed E-state index contributed by atoms with van der Waals surface area (Å²) < 4.78 is 82.0. The molecule has 0 radical (unpaired) electrons. The summed E-state index contributed by atoms with van der Waals surface area (Å²) >= 11 is 0. The molecule has 0 aromatic heterocycles. The number of rotatable bonds is 99. The van der Waals surface area contributed by atoms with Gasteiger partial charge in [0.25, 0.3) is 0 Å². The van der Waals surface area contributed by atoms with Crippen molar-refractivity contribution in [2.24, 2.45) is 0 Å². The van der Waals surface area contributed by atoms with E-state index < -0.39 is 99.7 Å². The molecule has 0 fully saturated rings. The number of carbonyl (C=O) groups excluding carboxylic acids is 2. The van der Waals surface area contributed by atoms with Gasteiger partial charge in [-0.1, -0.05) is 513 Å². The first-order valence-electron chi connectivity index (χ1n) is 58.3. The van der Waals surface area contributed by atoms with Crippen LogP contribution in [0.2, 0.25) is 152 Å². The monoisotopic (exact) mass is 2060 g/mol. The van der Waals surface area contributed by atoms with Gasteiger partial charge in [-0.3, -0.25) is 0 Å². The van der Waals surface area contributed by atoms with E-state index >= 15 is 0 Å². The Balaban J connectivity index is 0. The molecule has 0 atom stereocenters. The van der Waals surface area contributed by atoms with Gasteiger partial charge in [0.15, 0.2) is 16.6 Å². The predicted molar refractivity (Wildman–Crippen MR) is 611 cm³/mol. The van der Waals surface area contributed by atoms with Crippen LogP contribution in [0.15, 0.2) is 24.3 Å². The molecule has 0 saturated carbocycles. The summed E-state index contributed by atoms with van der Waals surface area (Å²) in [6.07, 6.45) is 84.8. The third kappa shape index (κ3) is 76.7. The van der Waals surface area contributed by atoms with Crippen LogP contribution in [-0.2, 0) is 55.5 Å². The van der Waals surface area contributed by atoms with E-state index in [1.807, 2.05) is 59.3 Å². The third-order valence-electron chi connectivity index (χ3n) is 26.6. The lowest BCUT2D eigenvalue weighted by atomic mass is 10.1. The Hall–Kier alpha value is 0.446. The fourth-order valence-electron chi connectivity index (χ4n) is 20.2. The maximum atomic E-state index is 15.0. The summed E-state index contributed by atoms with van der Waals surface area (Å²) in [5, 5.41) is 0. The predicted octanol–water partition coefficient (Wildman–Crippen LogP) is 40.4. The quantitative estimate of drug-likeness (QED) is 0.0325. The van der Waals surface area contributed by atoms with Crippen molar-refractivity contribution >= 4 is 106 Å². The Morgan fingerprint density at radius 3 is 0.519 bits per heavy atom. The molecular formula is C109H236O13Si11. The van der Waals surface area contributed by atoms with Gasteiger partial charge in [0.05, 0.1) is 0 Å². The zero-order valence-corrected chi connectivity index (χ0v) is 106. The summed E-state index contributed by atoms with van der Waals surface area (Å²) in [6.45, 7) is 64.0. The lowest BCUT2D eigenvalue weighted by Gasteiger charge is -2.50. The first-order valence-corrected chi connectivity index (χ1v) is 87.2. The molecule has 0 N–H and O–H groups in total. The molecule has 0 saturated heterocycles. The summed E-state index contributed by atoms with van der Waals surface area (Å²) in [7, 11) is -30.0. The Labute approximate surface area is 844 Å². The zero-order chi connectivity index (χ0) is 100. The van der Waals surface area contributed by atoms with Crippen molar-refractivity contribution in [2.45, 2.75) is 665 Å². The number of unbranched alkanes of at least 4 members (excludes halogenated alkanes) is 55. The first kappa shape index (κ1) is 135. The number of carbonyl (C=O) groups is 2. The van der Waals surface area contributed by atoms with E-state index in [-0.39, 0.29) is 5.97 Å². The molecule has 0 aliphatic heterocycles. The second-order valence-electron chi connectivity index (χ2n) is 44.9. The van der Waals surface area contributed by atoms with Gasteiger partial charge in [0, 0.05) is 23.2 Å². The normalized spacial score (nSPS) is 13.0. The third-order valence-corrected chi connectivity index (χ3v) is 72.8. The lowest BCUT2D eigenvalue weighted by Crippen LogP contribution is -2.65. The van der Waals surface area contributed by atoms with E-state index in [1.54, 1.807) is 6.92 Å². The molecule has 0 aromatic rings. The molecule has 0 amide bonds. The van der Waals surface area contributed by atoms with Crippen LogP contribution in [0.5, 0.6) is 0 Å². The molecule has 794 valence electrons. The van der Waals surface area contributed by atoms with Gasteiger partial charge >= 0.3 is 89.0 Å². The number of hydrogen-bond acceptors (Lipinski definition) is 13. The van der Waals surface area contributed by atoms with Gasteiger partial charge in [-0.05, 0) is 153 Å². The molecule has 24 heteroatoms. The van der Waals surface area contributed by atoms with Gasteiger partial charge in [-0.2, -0.15) is 0 Å². The molecule has 0 heterocycles. The van der Waals surface area contributed by atoms with Crippen molar-refractivity contribution in [3.8, 4) is 0 Å². The smallest absolute Gasteiger partial charge is 0.393 e. The first-order chi connectivity index (χ1) is 63.2. The van der Waals surface area contributed by atoms with Crippen LogP contribution in [0.4, 0.5) is 0 Å². The van der Waals surface area contributed by atoms with Crippen molar-refractivity contribution in [3.05, 3.63) is 24.3 Å². The average Bonchev–Trinajstić information content (AvgIpc) is 0.762. The molecule has 0 rings (SSSR count). The molecule has 0 bridgehead atoms. The van der Waals surface area contributed by atoms with E-state index in [4.69, 9.17) is 33.5 Å². The van der Waals surface area contributed by atoms with Crippen LogP contribution < -0.4 is 0 Å². The lowest BCUT2D eigenvalue weighted by molar-refractivity contribution is -0.132. The highest BCUT2D eigenvalue weighted by molar-refractivity contribution is 6.93. The Bertz CT molecular complexity index is 2620. The fourth-order valence-corrected chi connectivity index (χ4v) is 79.5. The van der Waals surface area contributed by atoms with Crippen LogP contribution in [0.3, 0.4) is 0 Å². The second kappa shape index (κ2) is 82.6. The molecular weight excluding hydrogens is 1830 g/mol. The standard InChI is InChI=1S/C92H192O6Si5.C17H44O7Si6/c1-14-25-36-47-58-69-80-99(81-70-59-48-37-26-15-2,82-71-60-49-38-27-16-3)95-101(85-74-63-52-41-30-19-6,86-75-64-53-42-31-20-7)97-103(89-78-67-56-45-34-23-10,90-79-68-57-46-35-24-11)98-102(87-76-65-54-43-32-21-8,88-77-66-55-44-33-22-9)96-100(94-92(93)91(12)13,83-72-61-50-39-28-17-4)84-73-62-51-40-29-18-5;1-16(2)17(18)19-26(6,7)21-28(10,11)23-30(14,15)24-29(12,13)22-27(8,9)20-25(3,4)5/h12,14-90H2,1-11,13H3;1H2,2-15H3. The molecule has 133 heavy (non-hydrogen) atoms. The molecule has 0 unspecified atom stereocenters. The van der Waals surface area contributed by atoms with Crippen LogP contribution in [0, 0.1) is 0 Å². The number of hydrogen-bond donors (Lipinski definition) is 0. The van der Waals surface area contributed by atoms with E-state index in [1.165, 1.54) is 416 Å². The summed E-state index contributed by atoms with van der Waals surface area (Å²) in [6, 6.07) is 12.2. The van der Waals surface area contributed by atoms with Crippen molar-refractivity contribution in [3.63, 3.8) is 0 Å². The van der Waals surface area contributed by atoms with Gasteiger partial charge in [0.1, 0.15) is 0 Å². The summed E-state index contributed by atoms with van der Waals surface area (Å²) in [5.74, 6) is -0.634. The Morgan fingerprint density at radius 1 is 0.173 bits per heavy atom. The maximum Gasteiger partial charge on any atom is 0.393 e. The summed E-state index contributed by atoms with van der Waals surface area (Å²) in [4.78, 5) is 26.9. The van der Waals surface area contributed by atoms with Crippen molar-refractivity contribution in [1.82, 2.24) is 0 Å². The molecule has 0 aromatic carbocycles. The highest BCUT2D eigenvalue weighted by Crippen LogP contribution is 2.47. The van der Waals surface area contributed by atoms with Crippen LogP contribution in [0.1, 0.15) is 514 Å². The fraction of sp³-hybridized carbons (Fsp3) is 0.945. The average molecular weight is 2060 g/mol. The highest BCUT2D eigenvalue weighted by atomic mass is 28.5. The van der Waals surface area contributed by atoms with Gasteiger partial charge in [0.2, 0.25) is 0 Å².